The lowest BCUT2D eigenvalue weighted by molar-refractivity contribution is 0.0473. The van der Waals surface area contributed by atoms with Crippen LogP contribution in [0.3, 0.4) is 0 Å². The van der Waals surface area contributed by atoms with E-state index in [4.69, 9.17) is 15.2 Å². The number of ether oxygens (including phenoxy) is 2. The highest BCUT2D eigenvalue weighted by molar-refractivity contribution is 5.95. The number of hydrogen-bond donors (Lipinski definition) is 1. The van der Waals surface area contributed by atoms with Crippen molar-refractivity contribution < 1.29 is 14.3 Å². The Morgan fingerprint density at radius 3 is 2.58 bits per heavy atom. The van der Waals surface area contributed by atoms with Gasteiger partial charge in [-0.1, -0.05) is 30.3 Å². The van der Waals surface area contributed by atoms with Gasteiger partial charge in [-0.05, 0) is 23.8 Å². The maximum atomic E-state index is 11.9. The van der Waals surface area contributed by atoms with Gasteiger partial charge in [0.2, 0.25) is 0 Å². The molecule has 0 fully saturated rings. The van der Waals surface area contributed by atoms with Crippen molar-refractivity contribution >= 4 is 11.7 Å². The first-order valence-electron chi connectivity index (χ1n) is 5.85. The maximum Gasteiger partial charge on any atom is 0.340 e. The lowest BCUT2D eigenvalue weighted by Gasteiger charge is -2.08. The van der Waals surface area contributed by atoms with Gasteiger partial charge in [-0.3, -0.25) is 0 Å². The minimum atomic E-state index is -0.458. The Morgan fingerprint density at radius 1 is 1.16 bits per heavy atom. The van der Waals surface area contributed by atoms with Crippen LogP contribution in [-0.4, -0.2) is 13.1 Å². The molecule has 2 rings (SSSR count). The van der Waals surface area contributed by atoms with Crippen molar-refractivity contribution in [3.8, 4) is 5.75 Å². The molecule has 0 amide bonds. The van der Waals surface area contributed by atoms with Gasteiger partial charge in [-0.25, -0.2) is 4.79 Å². The Morgan fingerprint density at radius 2 is 1.89 bits per heavy atom. The smallest absolute Gasteiger partial charge is 0.340 e. The molecule has 0 bridgehead atoms. The minimum Gasteiger partial charge on any atom is -0.497 e. The van der Waals surface area contributed by atoms with Crippen molar-refractivity contribution in [2.75, 3.05) is 12.8 Å². The fourth-order valence-electron chi connectivity index (χ4n) is 1.64. The van der Waals surface area contributed by atoms with Gasteiger partial charge in [0.1, 0.15) is 12.4 Å². The lowest BCUT2D eigenvalue weighted by Crippen LogP contribution is -2.08. The number of carbonyl (C=O) groups excluding carboxylic acids is 1. The van der Waals surface area contributed by atoms with Crippen LogP contribution in [0.2, 0.25) is 0 Å². The molecule has 19 heavy (non-hydrogen) atoms. The standard InChI is InChI=1S/C15H15NO3/c1-18-12-7-8-14(16)13(9-12)15(17)19-10-11-5-3-2-4-6-11/h2-9H,10,16H2,1H3. The number of rotatable bonds is 4. The summed E-state index contributed by atoms with van der Waals surface area (Å²) in [4.78, 5) is 11.9. The van der Waals surface area contributed by atoms with Crippen LogP contribution in [0.25, 0.3) is 0 Å². The van der Waals surface area contributed by atoms with E-state index in [9.17, 15) is 4.79 Å². The second kappa shape index (κ2) is 5.91. The zero-order valence-corrected chi connectivity index (χ0v) is 10.6. The first kappa shape index (κ1) is 13.0. The van der Waals surface area contributed by atoms with Gasteiger partial charge >= 0.3 is 5.97 Å². The summed E-state index contributed by atoms with van der Waals surface area (Å²) in [6, 6.07) is 14.4. The maximum absolute atomic E-state index is 11.9. The van der Waals surface area contributed by atoms with Crippen LogP contribution in [0.15, 0.2) is 48.5 Å². The molecule has 0 radical (unpaired) electrons. The van der Waals surface area contributed by atoms with Gasteiger partial charge in [0.15, 0.2) is 0 Å². The number of methoxy groups -OCH3 is 1. The molecule has 0 aliphatic rings. The van der Waals surface area contributed by atoms with Crippen LogP contribution in [-0.2, 0) is 11.3 Å². The Bertz CT molecular complexity index is 567. The van der Waals surface area contributed by atoms with E-state index in [0.29, 0.717) is 17.0 Å². The summed E-state index contributed by atoms with van der Waals surface area (Å²) < 4.78 is 10.3. The van der Waals surface area contributed by atoms with E-state index >= 15 is 0 Å². The van der Waals surface area contributed by atoms with Gasteiger partial charge in [0.05, 0.1) is 12.7 Å². The molecule has 0 unspecified atom stereocenters. The summed E-state index contributed by atoms with van der Waals surface area (Å²) in [6.07, 6.45) is 0. The van der Waals surface area contributed by atoms with E-state index in [1.54, 1.807) is 18.2 Å². The molecule has 4 heteroatoms. The third-order valence-electron chi connectivity index (χ3n) is 2.69. The summed E-state index contributed by atoms with van der Waals surface area (Å²) in [5.41, 5.74) is 7.37. The molecule has 0 saturated carbocycles. The van der Waals surface area contributed by atoms with Crippen molar-refractivity contribution in [3.63, 3.8) is 0 Å². The molecule has 2 aromatic carbocycles. The largest absolute Gasteiger partial charge is 0.497 e. The number of nitrogens with two attached hydrogens (primary N) is 1. The van der Waals surface area contributed by atoms with E-state index in [-0.39, 0.29) is 6.61 Å². The summed E-state index contributed by atoms with van der Waals surface area (Å²) in [7, 11) is 1.53. The van der Waals surface area contributed by atoms with Crippen molar-refractivity contribution in [2.45, 2.75) is 6.61 Å². The Kier molecular flexibility index (Phi) is 4.03. The predicted octanol–water partition coefficient (Wildman–Crippen LogP) is 2.63. The van der Waals surface area contributed by atoms with E-state index in [2.05, 4.69) is 0 Å². The normalized spacial score (nSPS) is 9.95. The number of esters is 1. The second-order valence-corrected chi connectivity index (χ2v) is 4.01. The van der Waals surface area contributed by atoms with E-state index in [0.717, 1.165) is 5.56 Å². The van der Waals surface area contributed by atoms with Crippen molar-refractivity contribution in [1.82, 2.24) is 0 Å². The molecule has 0 atom stereocenters. The number of carbonyl (C=O) groups is 1. The molecule has 0 aliphatic heterocycles. The van der Waals surface area contributed by atoms with Crippen LogP contribution in [0.5, 0.6) is 5.75 Å². The highest BCUT2D eigenvalue weighted by Gasteiger charge is 2.12. The Labute approximate surface area is 111 Å². The van der Waals surface area contributed by atoms with E-state index < -0.39 is 5.97 Å². The van der Waals surface area contributed by atoms with E-state index in [1.807, 2.05) is 30.3 Å². The van der Waals surface area contributed by atoms with Crippen molar-refractivity contribution in [3.05, 3.63) is 59.7 Å². The average Bonchev–Trinajstić information content (AvgIpc) is 2.46. The average molecular weight is 257 g/mol. The number of benzene rings is 2. The zero-order valence-electron chi connectivity index (χ0n) is 10.6. The number of nitrogen functional groups attached to an aromatic ring is 1. The fourth-order valence-corrected chi connectivity index (χ4v) is 1.64. The molecule has 0 aromatic heterocycles. The topological polar surface area (TPSA) is 61.5 Å². The molecule has 0 heterocycles. The lowest BCUT2D eigenvalue weighted by atomic mass is 10.1. The van der Waals surface area contributed by atoms with Gasteiger partial charge in [0.25, 0.3) is 0 Å². The number of hydrogen-bond acceptors (Lipinski definition) is 4. The van der Waals surface area contributed by atoms with Crippen LogP contribution >= 0.6 is 0 Å². The van der Waals surface area contributed by atoms with Crippen molar-refractivity contribution in [1.29, 1.82) is 0 Å². The number of anilines is 1. The summed E-state index contributed by atoms with van der Waals surface area (Å²) in [6.45, 7) is 0.219. The molecular formula is C15H15NO3. The van der Waals surface area contributed by atoms with Crippen LogP contribution in [0.4, 0.5) is 5.69 Å². The Hall–Kier alpha value is -2.49. The van der Waals surface area contributed by atoms with Crippen LogP contribution < -0.4 is 10.5 Å². The van der Waals surface area contributed by atoms with Crippen LogP contribution in [0.1, 0.15) is 15.9 Å². The van der Waals surface area contributed by atoms with Gasteiger partial charge in [-0.15, -0.1) is 0 Å². The minimum absolute atomic E-state index is 0.219. The first-order valence-corrected chi connectivity index (χ1v) is 5.85. The first-order chi connectivity index (χ1) is 9.20. The molecule has 2 aromatic rings. The highest BCUT2D eigenvalue weighted by Crippen LogP contribution is 2.20. The molecule has 0 saturated heterocycles. The quantitative estimate of drug-likeness (QED) is 0.675. The van der Waals surface area contributed by atoms with Gasteiger partial charge in [-0.2, -0.15) is 0 Å². The molecule has 2 N–H and O–H groups in total. The molecule has 0 spiro atoms. The summed E-state index contributed by atoms with van der Waals surface area (Å²) >= 11 is 0. The molecular weight excluding hydrogens is 242 g/mol. The SMILES string of the molecule is COc1ccc(N)c(C(=O)OCc2ccccc2)c1. The zero-order chi connectivity index (χ0) is 13.7. The fraction of sp³-hybridized carbons (Fsp3) is 0.133. The monoisotopic (exact) mass is 257 g/mol. The Balaban J connectivity index is 2.08. The van der Waals surface area contributed by atoms with Gasteiger partial charge in [0, 0.05) is 5.69 Å². The highest BCUT2D eigenvalue weighted by atomic mass is 16.5. The summed E-state index contributed by atoms with van der Waals surface area (Å²) in [5, 5.41) is 0. The van der Waals surface area contributed by atoms with Gasteiger partial charge < -0.3 is 15.2 Å². The molecule has 0 aliphatic carbocycles. The van der Waals surface area contributed by atoms with Crippen molar-refractivity contribution in [2.24, 2.45) is 0 Å². The third-order valence-corrected chi connectivity index (χ3v) is 2.69. The van der Waals surface area contributed by atoms with Crippen LogP contribution in [0, 0.1) is 0 Å². The summed E-state index contributed by atoms with van der Waals surface area (Å²) in [5.74, 6) is 0.112. The second-order valence-electron chi connectivity index (χ2n) is 4.01. The predicted molar refractivity (Wildman–Crippen MR) is 73.0 cm³/mol. The third kappa shape index (κ3) is 3.25. The molecule has 98 valence electrons. The molecule has 4 nitrogen and oxygen atoms in total. The van der Waals surface area contributed by atoms with E-state index in [1.165, 1.54) is 7.11 Å².